The molecule has 4 heteroatoms. The third-order valence-corrected chi connectivity index (χ3v) is 8.90. The van der Waals surface area contributed by atoms with Crippen LogP contribution in [0.2, 0.25) is 0 Å². The summed E-state index contributed by atoms with van der Waals surface area (Å²) < 4.78 is 0. The molecule has 1 aromatic carbocycles. The van der Waals surface area contributed by atoms with Crippen molar-refractivity contribution in [3.05, 3.63) is 84.0 Å². The van der Waals surface area contributed by atoms with Crippen LogP contribution in [-0.2, 0) is 22.4 Å². The fourth-order valence-electron chi connectivity index (χ4n) is 5.98. The Bertz CT molecular complexity index is 941. The van der Waals surface area contributed by atoms with E-state index in [2.05, 4.69) is 72.9 Å². The summed E-state index contributed by atoms with van der Waals surface area (Å²) in [5.74, 6) is -1.35. The topological polar surface area (TPSA) is 74.6 Å². The Balaban J connectivity index is 1.92. The zero-order chi connectivity index (χ0) is 34.6. The van der Waals surface area contributed by atoms with Crippen LogP contribution in [0.1, 0.15) is 178 Å². The molecule has 0 amide bonds. The van der Waals surface area contributed by atoms with Crippen LogP contribution in [0.25, 0.3) is 0 Å². The Labute approximate surface area is 294 Å². The molecule has 0 fully saturated rings. The minimum atomic E-state index is -0.676. The molecular weight excluding hydrogens is 592 g/mol. The summed E-state index contributed by atoms with van der Waals surface area (Å²) >= 11 is 0. The van der Waals surface area contributed by atoms with Gasteiger partial charge in [-0.25, -0.2) is 0 Å². The van der Waals surface area contributed by atoms with Crippen LogP contribution in [0.3, 0.4) is 0 Å². The van der Waals surface area contributed by atoms with Crippen LogP contribution in [0.5, 0.6) is 0 Å². The van der Waals surface area contributed by atoms with Gasteiger partial charge in [0.05, 0.1) is 0 Å². The van der Waals surface area contributed by atoms with E-state index < -0.39 is 11.9 Å². The molecule has 0 saturated heterocycles. The maximum absolute atomic E-state index is 10.5. The van der Waals surface area contributed by atoms with Gasteiger partial charge in [0.2, 0.25) is 0 Å². The lowest BCUT2D eigenvalue weighted by atomic mass is 10.00. The summed E-state index contributed by atoms with van der Waals surface area (Å²) in [5.41, 5.74) is 3.01. The number of aliphatic carboxylic acids is 2. The number of carbonyl (C=O) groups is 2. The predicted octanol–water partition coefficient (Wildman–Crippen LogP) is 13.3. The maximum atomic E-state index is 10.5. The molecule has 0 atom stereocenters. The molecule has 2 N–H and O–H groups in total. The van der Waals surface area contributed by atoms with Crippen LogP contribution >= 0.6 is 0 Å². The fraction of sp³-hybridized carbons (Fsp3) is 0.636. The molecule has 1 rings (SSSR count). The minimum Gasteiger partial charge on any atom is -0.481 e. The highest BCUT2D eigenvalue weighted by Gasteiger charge is 1.99. The van der Waals surface area contributed by atoms with E-state index in [1.807, 2.05) is 0 Å². The second-order valence-electron chi connectivity index (χ2n) is 13.5. The highest BCUT2D eigenvalue weighted by Crippen LogP contribution is 2.15. The fourth-order valence-corrected chi connectivity index (χ4v) is 5.98. The van der Waals surface area contributed by atoms with E-state index >= 15 is 0 Å². The Morgan fingerprint density at radius 2 is 0.729 bits per heavy atom. The molecule has 270 valence electrons. The summed E-state index contributed by atoms with van der Waals surface area (Å²) in [6.07, 6.45) is 49.4. The van der Waals surface area contributed by atoms with Gasteiger partial charge in [-0.3, -0.25) is 9.59 Å². The second-order valence-corrected chi connectivity index (χ2v) is 13.5. The average Bonchev–Trinajstić information content (AvgIpc) is 3.07. The molecule has 1 aromatic rings. The highest BCUT2D eigenvalue weighted by molar-refractivity contribution is 5.66. The van der Waals surface area contributed by atoms with Crippen molar-refractivity contribution in [2.75, 3.05) is 0 Å². The number of hydrogen-bond donors (Lipinski definition) is 2. The lowest BCUT2D eigenvalue weighted by molar-refractivity contribution is -0.138. The van der Waals surface area contributed by atoms with Gasteiger partial charge in [0.1, 0.15) is 0 Å². The second kappa shape index (κ2) is 34.0. The molecule has 0 unspecified atom stereocenters. The van der Waals surface area contributed by atoms with E-state index in [4.69, 9.17) is 10.2 Å². The lowest BCUT2D eigenvalue weighted by Crippen LogP contribution is -1.93. The number of rotatable bonds is 34. The molecule has 0 aliphatic heterocycles. The van der Waals surface area contributed by atoms with E-state index in [-0.39, 0.29) is 0 Å². The maximum Gasteiger partial charge on any atom is 0.303 e. The quantitative estimate of drug-likeness (QED) is 0.0569. The van der Waals surface area contributed by atoms with Gasteiger partial charge >= 0.3 is 11.9 Å². The largest absolute Gasteiger partial charge is 0.481 e. The van der Waals surface area contributed by atoms with Gasteiger partial charge in [-0.05, 0) is 114 Å². The summed E-state index contributed by atoms with van der Waals surface area (Å²) in [4.78, 5) is 21.0. The molecule has 0 aliphatic carbocycles. The van der Waals surface area contributed by atoms with Gasteiger partial charge in [0, 0.05) is 12.8 Å². The summed E-state index contributed by atoms with van der Waals surface area (Å²) in [6, 6.07) is 9.30. The van der Waals surface area contributed by atoms with Crippen LogP contribution < -0.4 is 0 Å². The van der Waals surface area contributed by atoms with Crippen LogP contribution in [-0.4, -0.2) is 22.2 Å². The number of benzene rings is 1. The molecule has 0 bridgehead atoms. The molecule has 0 radical (unpaired) electrons. The number of hydrogen-bond acceptors (Lipinski definition) is 2. The smallest absolute Gasteiger partial charge is 0.303 e. The molecule has 0 saturated carbocycles. The third-order valence-electron chi connectivity index (χ3n) is 8.90. The summed E-state index contributed by atoms with van der Waals surface area (Å²) in [7, 11) is 0. The van der Waals surface area contributed by atoms with Crippen molar-refractivity contribution in [1.29, 1.82) is 0 Å². The Morgan fingerprint density at radius 1 is 0.417 bits per heavy atom. The van der Waals surface area contributed by atoms with Crippen molar-refractivity contribution in [3.63, 3.8) is 0 Å². The highest BCUT2D eigenvalue weighted by atomic mass is 16.4. The average molecular weight is 663 g/mol. The zero-order valence-electron chi connectivity index (χ0n) is 30.4. The molecule has 48 heavy (non-hydrogen) atoms. The first-order valence-electron chi connectivity index (χ1n) is 19.7. The van der Waals surface area contributed by atoms with Crippen LogP contribution in [0, 0.1) is 0 Å². The summed E-state index contributed by atoms with van der Waals surface area (Å²) in [6.45, 7) is 0. The number of aryl methyl sites for hydroxylation is 2. The summed E-state index contributed by atoms with van der Waals surface area (Å²) in [5, 5.41) is 17.3. The first-order chi connectivity index (χ1) is 23.6. The van der Waals surface area contributed by atoms with Crippen LogP contribution in [0.15, 0.2) is 72.9 Å². The Morgan fingerprint density at radius 3 is 1.08 bits per heavy atom. The third kappa shape index (κ3) is 31.7. The first kappa shape index (κ1) is 43.1. The van der Waals surface area contributed by atoms with Gasteiger partial charge in [-0.15, -0.1) is 0 Å². The molecule has 0 aromatic heterocycles. The first-order valence-corrected chi connectivity index (χ1v) is 19.7. The number of carboxylic acid groups (broad SMARTS) is 2. The standard InChI is InChI=1S/C44H70O4/c45-43(46)38-31-27-23-19-15-11-7-3-1-5-9-13-17-21-25-29-34-41-36-33-37-42(40-41)35-30-26-22-18-14-10-6-2-4-8-12-16-20-24-28-32-39-44(47)48/h3-10,33,36-37,40H,1-2,11-32,34-35,38-39H2,(H,45,46)(H,47,48). The van der Waals surface area contributed by atoms with E-state index in [0.29, 0.717) is 12.8 Å². The van der Waals surface area contributed by atoms with Crippen molar-refractivity contribution in [3.8, 4) is 0 Å². The van der Waals surface area contributed by atoms with E-state index in [1.165, 1.54) is 114 Å². The molecule has 0 heterocycles. The molecule has 0 spiro atoms. The van der Waals surface area contributed by atoms with E-state index in [0.717, 1.165) is 64.2 Å². The molecule has 0 aliphatic rings. The van der Waals surface area contributed by atoms with Crippen LogP contribution in [0.4, 0.5) is 0 Å². The molecular formula is C44H70O4. The Hall–Kier alpha value is -2.88. The van der Waals surface area contributed by atoms with Gasteiger partial charge in [0.15, 0.2) is 0 Å². The van der Waals surface area contributed by atoms with Crippen molar-refractivity contribution in [2.24, 2.45) is 0 Å². The molecule has 4 nitrogen and oxygen atoms in total. The zero-order valence-corrected chi connectivity index (χ0v) is 30.4. The Kier molecular flexibility index (Phi) is 30.6. The van der Waals surface area contributed by atoms with Gasteiger partial charge in [-0.1, -0.05) is 137 Å². The minimum absolute atomic E-state index is 0.312. The van der Waals surface area contributed by atoms with Gasteiger partial charge in [-0.2, -0.15) is 0 Å². The SMILES string of the molecule is O=C(O)CCCCCCCC=CCC=CCCCCCCc1cccc(CCCCCCC=CCC=CCCCCCCCC(=O)O)c1. The van der Waals surface area contributed by atoms with E-state index in [1.54, 1.807) is 0 Å². The van der Waals surface area contributed by atoms with Crippen molar-refractivity contribution >= 4 is 11.9 Å². The van der Waals surface area contributed by atoms with Crippen molar-refractivity contribution in [2.45, 2.75) is 180 Å². The van der Waals surface area contributed by atoms with Gasteiger partial charge in [0.25, 0.3) is 0 Å². The van der Waals surface area contributed by atoms with Gasteiger partial charge < -0.3 is 10.2 Å². The van der Waals surface area contributed by atoms with Crippen molar-refractivity contribution in [1.82, 2.24) is 0 Å². The van der Waals surface area contributed by atoms with E-state index in [9.17, 15) is 9.59 Å². The monoisotopic (exact) mass is 663 g/mol. The number of unbranched alkanes of at least 4 members (excludes halogenated alkanes) is 18. The number of allylic oxidation sites excluding steroid dienone is 8. The normalized spacial score (nSPS) is 12.0. The predicted molar refractivity (Wildman–Crippen MR) is 206 cm³/mol. The van der Waals surface area contributed by atoms with Crippen molar-refractivity contribution < 1.29 is 19.8 Å². The lowest BCUT2D eigenvalue weighted by Gasteiger charge is -2.06. The number of carboxylic acids is 2.